The summed E-state index contributed by atoms with van der Waals surface area (Å²) in [6.45, 7) is 1.87. The van der Waals surface area contributed by atoms with Crippen molar-refractivity contribution in [1.29, 1.82) is 0 Å². The summed E-state index contributed by atoms with van der Waals surface area (Å²) in [5, 5.41) is 9.76. The van der Waals surface area contributed by atoms with Gasteiger partial charge in [-0.05, 0) is 49.2 Å². The Kier molecular flexibility index (Phi) is 4.10. The van der Waals surface area contributed by atoms with Crippen LogP contribution in [0.25, 0.3) is 22.4 Å². The van der Waals surface area contributed by atoms with E-state index in [2.05, 4.69) is 49.3 Å². The third-order valence-corrected chi connectivity index (χ3v) is 5.11. The number of benzene rings is 1. The summed E-state index contributed by atoms with van der Waals surface area (Å²) < 4.78 is 5.99. The Balaban J connectivity index is 1.42. The number of aromatic nitrogens is 4. The summed E-state index contributed by atoms with van der Waals surface area (Å²) in [5.41, 5.74) is 3.16. The lowest BCUT2D eigenvalue weighted by atomic mass is 10.1. The van der Waals surface area contributed by atoms with Crippen LogP contribution in [-0.2, 0) is 6.54 Å². The van der Waals surface area contributed by atoms with Crippen LogP contribution in [0.15, 0.2) is 65.5 Å². The van der Waals surface area contributed by atoms with Crippen LogP contribution in [0.1, 0.15) is 30.3 Å². The number of hydrogen-bond donors (Lipinski definition) is 0. The molecule has 3 aromatic heterocycles. The Morgan fingerprint density at radius 1 is 1.04 bits per heavy atom. The molecular formula is C21H19N5O. The van der Waals surface area contributed by atoms with Crippen LogP contribution in [0.4, 0.5) is 0 Å². The molecule has 1 aromatic carbocycles. The summed E-state index contributed by atoms with van der Waals surface area (Å²) in [4.78, 5) is 11.0. The number of pyridine rings is 2. The van der Waals surface area contributed by atoms with Gasteiger partial charge in [0.05, 0.1) is 17.1 Å². The molecule has 134 valence electrons. The Hall–Kier alpha value is -3.12. The maximum absolute atomic E-state index is 5.99. The Bertz CT molecular complexity index is 1060. The van der Waals surface area contributed by atoms with Crippen molar-refractivity contribution in [3.8, 4) is 11.5 Å². The SMILES string of the molecule is c1cncc(-c2nnc([C@@H]3CCCN3Cc3ccnc4ccccc34)o2)c1. The van der Waals surface area contributed by atoms with Crippen molar-refractivity contribution in [2.75, 3.05) is 6.54 Å². The minimum Gasteiger partial charge on any atom is -0.419 e. The average Bonchev–Trinajstić information content (AvgIpc) is 3.38. The highest BCUT2D eigenvalue weighted by Crippen LogP contribution is 2.34. The average molecular weight is 357 g/mol. The molecule has 0 aliphatic carbocycles. The van der Waals surface area contributed by atoms with Crippen LogP contribution in [0, 0.1) is 0 Å². The largest absolute Gasteiger partial charge is 0.419 e. The van der Waals surface area contributed by atoms with Gasteiger partial charge in [0.15, 0.2) is 0 Å². The van der Waals surface area contributed by atoms with Gasteiger partial charge in [-0.3, -0.25) is 14.9 Å². The van der Waals surface area contributed by atoms with Crippen LogP contribution in [0.2, 0.25) is 0 Å². The van der Waals surface area contributed by atoms with Crippen LogP contribution < -0.4 is 0 Å². The fourth-order valence-corrected chi connectivity index (χ4v) is 3.78. The number of hydrogen-bond acceptors (Lipinski definition) is 6. The molecule has 0 radical (unpaired) electrons. The molecule has 1 fully saturated rings. The van der Waals surface area contributed by atoms with Crippen molar-refractivity contribution in [3.05, 3.63) is 72.5 Å². The number of likely N-dealkylation sites (tertiary alicyclic amines) is 1. The van der Waals surface area contributed by atoms with Crippen molar-refractivity contribution in [2.24, 2.45) is 0 Å². The number of para-hydroxylation sites is 1. The van der Waals surface area contributed by atoms with Crippen LogP contribution in [-0.4, -0.2) is 31.6 Å². The highest BCUT2D eigenvalue weighted by Gasteiger charge is 2.31. The maximum Gasteiger partial charge on any atom is 0.249 e. The molecule has 5 rings (SSSR count). The highest BCUT2D eigenvalue weighted by atomic mass is 16.4. The monoisotopic (exact) mass is 357 g/mol. The van der Waals surface area contributed by atoms with E-state index in [4.69, 9.17) is 4.42 Å². The zero-order valence-electron chi connectivity index (χ0n) is 14.8. The molecule has 1 saturated heterocycles. The quantitative estimate of drug-likeness (QED) is 0.549. The van der Waals surface area contributed by atoms with E-state index in [0.717, 1.165) is 37.0 Å². The predicted molar refractivity (Wildman–Crippen MR) is 102 cm³/mol. The van der Waals surface area contributed by atoms with Gasteiger partial charge < -0.3 is 4.42 Å². The molecule has 0 spiro atoms. The van der Waals surface area contributed by atoms with E-state index in [1.807, 2.05) is 24.4 Å². The number of fused-ring (bicyclic) bond motifs is 1. The van der Waals surface area contributed by atoms with E-state index in [1.54, 1.807) is 12.4 Å². The second-order valence-electron chi connectivity index (χ2n) is 6.80. The summed E-state index contributed by atoms with van der Waals surface area (Å²) in [6, 6.07) is 14.3. The molecule has 0 unspecified atom stereocenters. The van der Waals surface area contributed by atoms with E-state index in [-0.39, 0.29) is 6.04 Å². The van der Waals surface area contributed by atoms with E-state index in [0.29, 0.717) is 11.8 Å². The topological polar surface area (TPSA) is 67.9 Å². The molecule has 1 aliphatic rings. The third-order valence-electron chi connectivity index (χ3n) is 5.11. The Labute approximate surface area is 156 Å². The third kappa shape index (κ3) is 3.08. The van der Waals surface area contributed by atoms with E-state index < -0.39 is 0 Å². The van der Waals surface area contributed by atoms with Crippen LogP contribution in [0.5, 0.6) is 0 Å². The second kappa shape index (κ2) is 6.89. The Morgan fingerprint density at radius 3 is 2.93 bits per heavy atom. The van der Waals surface area contributed by atoms with Crippen molar-refractivity contribution in [3.63, 3.8) is 0 Å². The van der Waals surface area contributed by atoms with Crippen molar-refractivity contribution in [1.82, 2.24) is 25.1 Å². The van der Waals surface area contributed by atoms with Gasteiger partial charge in [-0.1, -0.05) is 18.2 Å². The van der Waals surface area contributed by atoms with Crippen molar-refractivity contribution < 1.29 is 4.42 Å². The molecule has 1 aliphatic heterocycles. The maximum atomic E-state index is 5.99. The van der Waals surface area contributed by atoms with Crippen LogP contribution in [0.3, 0.4) is 0 Å². The highest BCUT2D eigenvalue weighted by molar-refractivity contribution is 5.81. The van der Waals surface area contributed by atoms with Gasteiger partial charge in [0.1, 0.15) is 0 Å². The molecule has 0 saturated carbocycles. The molecule has 1 atom stereocenters. The zero-order valence-corrected chi connectivity index (χ0v) is 14.8. The van der Waals surface area contributed by atoms with Gasteiger partial charge in [-0.15, -0.1) is 10.2 Å². The number of nitrogens with zero attached hydrogens (tertiary/aromatic N) is 5. The summed E-state index contributed by atoms with van der Waals surface area (Å²) in [7, 11) is 0. The van der Waals surface area contributed by atoms with Crippen LogP contribution >= 0.6 is 0 Å². The minimum atomic E-state index is 0.148. The fourth-order valence-electron chi connectivity index (χ4n) is 3.78. The zero-order chi connectivity index (χ0) is 18.1. The van der Waals surface area contributed by atoms with E-state index in [9.17, 15) is 0 Å². The van der Waals surface area contributed by atoms with Gasteiger partial charge >= 0.3 is 0 Å². The fraction of sp³-hybridized carbons (Fsp3) is 0.238. The summed E-state index contributed by atoms with van der Waals surface area (Å²) in [6.07, 6.45) is 7.51. The Morgan fingerprint density at radius 2 is 2.00 bits per heavy atom. The lowest BCUT2D eigenvalue weighted by molar-refractivity contribution is 0.216. The molecule has 0 amide bonds. The normalized spacial score (nSPS) is 17.6. The van der Waals surface area contributed by atoms with E-state index >= 15 is 0 Å². The second-order valence-corrected chi connectivity index (χ2v) is 6.80. The first kappa shape index (κ1) is 16.1. The van der Waals surface area contributed by atoms with Gasteiger partial charge in [0.25, 0.3) is 0 Å². The van der Waals surface area contributed by atoms with Crippen molar-refractivity contribution in [2.45, 2.75) is 25.4 Å². The van der Waals surface area contributed by atoms with Gasteiger partial charge in [0, 0.05) is 30.5 Å². The number of rotatable bonds is 4. The smallest absolute Gasteiger partial charge is 0.249 e. The summed E-state index contributed by atoms with van der Waals surface area (Å²) in [5.74, 6) is 1.21. The molecule has 6 nitrogen and oxygen atoms in total. The summed E-state index contributed by atoms with van der Waals surface area (Å²) >= 11 is 0. The van der Waals surface area contributed by atoms with Gasteiger partial charge in [-0.2, -0.15) is 0 Å². The van der Waals surface area contributed by atoms with Gasteiger partial charge in [0.2, 0.25) is 11.8 Å². The molecule has 27 heavy (non-hydrogen) atoms. The lowest BCUT2D eigenvalue weighted by Gasteiger charge is -2.22. The first-order valence-corrected chi connectivity index (χ1v) is 9.19. The first-order chi connectivity index (χ1) is 13.4. The van der Waals surface area contributed by atoms with E-state index in [1.165, 1.54) is 10.9 Å². The molecule has 4 aromatic rings. The standard InChI is InChI=1S/C21H19N5O/c1-2-7-18-17(6-1)16(9-11-23-18)14-26-12-4-8-19(26)21-25-24-20(27-21)15-5-3-10-22-13-15/h1-3,5-7,9-11,13,19H,4,8,12,14H2/t19-/m0/s1. The predicted octanol–water partition coefficient (Wildman–Crippen LogP) is 4.02. The molecule has 0 N–H and O–H groups in total. The van der Waals surface area contributed by atoms with Gasteiger partial charge in [-0.25, -0.2) is 0 Å². The first-order valence-electron chi connectivity index (χ1n) is 9.19. The molecular weight excluding hydrogens is 338 g/mol. The minimum absolute atomic E-state index is 0.148. The molecule has 0 bridgehead atoms. The van der Waals surface area contributed by atoms with Crippen molar-refractivity contribution >= 4 is 10.9 Å². The molecule has 6 heteroatoms. The lowest BCUT2D eigenvalue weighted by Crippen LogP contribution is -2.23. The molecule has 4 heterocycles.